The molecule has 0 aromatic heterocycles. The molecule has 0 radical (unpaired) electrons. The van der Waals surface area contributed by atoms with Crippen LogP contribution in [0.3, 0.4) is 0 Å². The third kappa shape index (κ3) is 5.67. The van der Waals surface area contributed by atoms with Gasteiger partial charge in [-0.1, -0.05) is 36.4 Å². The molecule has 1 fully saturated rings. The molecule has 2 aromatic rings. The Morgan fingerprint density at radius 3 is 2.37 bits per heavy atom. The van der Waals surface area contributed by atoms with Crippen LogP contribution in [0.25, 0.3) is 0 Å². The number of ether oxygens (including phenoxy) is 2. The molecule has 0 unspecified atom stereocenters. The molecule has 0 atom stereocenters. The summed E-state index contributed by atoms with van der Waals surface area (Å²) < 4.78 is 38.3. The molecule has 0 saturated heterocycles. The normalized spacial score (nSPS) is 19.1. The van der Waals surface area contributed by atoms with E-state index in [1.165, 1.54) is 31.4 Å². The van der Waals surface area contributed by atoms with Gasteiger partial charge in [-0.05, 0) is 49.4 Å². The van der Waals surface area contributed by atoms with Crippen LogP contribution in [0.15, 0.2) is 59.5 Å². The van der Waals surface area contributed by atoms with E-state index in [2.05, 4.69) is 4.72 Å². The van der Waals surface area contributed by atoms with Gasteiger partial charge in [0, 0.05) is 6.04 Å². The van der Waals surface area contributed by atoms with E-state index >= 15 is 0 Å². The molecule has 3 rings (SSSR count). The molecule has 8 heteroatoms. The number of hydrogen-bond acceptors (Lipinski definition) is 6. The summed E-state index contributed by atoms with van der Waals surface area (Å²) in [5.41, 5.74) is 1.02. The van der Waals surface area contributed by atoms with Crippen molar-refractivity contribution in [2.45, 2.75) is 43.2 Å². The topological polar surface area (TPSA) is 98.8 Å². The first kappa shape index (κ1) is 22.0. The first-order chi connectivity index (χ1) is 14.4. The molecule has 1 saturated carbocycles. The van der Waals surface area contributed by atoms with E-state index in [0.717, 1.165) is 5.56 Å². The van der Waals surface area contributed by atoms with E-state index < -0.39 is 16.0 Å². The van der Waals surface area contributed by atoms with E-state index in [-0.39, 0.29) is 35.0 Å². The highest BCUT2D eigenvalue weighted by atomic mass is 32.2. The molecule has 1 N–H and O–H groups in total. The van der Waals surface area contributed by atoms with Crippen molar-refractivity contribution in [3.8, 4) is 0 Å². The lowest BCUT2D eigenvalue weighted by Crippen LogP contribution is -2.38. The van der Waals surface area contributed by atoms with E-state index in [9.17, 15) is 18.0 Å². The van der Waals surface area contributed by atoms with Crippen molar-refractivity contribution in [1.82, 2.24) is 4.72 Å². The molecule has 0 spiro atoms. The second-order valence-electron chi connectivity index (χ2n) is 7.28. The maximum Gasteiger partial charge on any atom is 0.338 e. The summed E-state index contributed by atoms with van der Waals surface area (Å²) in [4.78, 5) is 24.0. The van der Waals surface area contributed by atoms with Crippen molar-refractivity contribution < 1.29 is 27.5 Å². The Balaban J connectivity index is 1.61. The van der Waals surface area contributed by atoms with Crippen molar-refractivity contribution >= 4 is 22.0 Å². The number of benzene rings is 2. The molecule has 2 aromatic carbocycles. The fraction of sp³-hybridized carbons (Fsp3) is 0.364. The molecule has 1 aliphatic rings. The Kier molecular flexibility index (Phi) is 7.23. The van der Waals surface area contributed by atoms with Gasteiger partial charge in [0.2, 0.25) is 10.0 Å². The van der Waals surface area contributed by atoms with Crippen molar-refractivity contribution in [2.24, 2.45) is 5.92 Å². The standard InChI is InChI=1S/C22H25NO6S/c1-28-21(24)17-10-12-19(13-11-17)23-30(26,27)20-9-5-8-18(14-20)22(25)29-15-16-6-3-2-4-7-16/h2-9,14,17,19,23H,10-13,15H2,1H3/t17-,19-. The van der Waals surface area contributed by atoms with Crippen molar-refractivity contribution in [2.75, 3.05) is 7.11 Å². The first-order valence-corrected chi connectivity index (χ1v) is 11.3. The summed E-state index contributed by atoms with van der Waals surface area (Å²) in [6.07, 6.45) is 2.26. The van der Waals surface area contributed by atoms with Crippen LogP contribution < -0.4 is 4.72 Å². The Labute approximate surface area is 176 Å². The largest absolute Gasteiger partial charge is 0.469 e. The summed E-state index contributed by atoms with van der Waals surface area (Å²) in [7, 11) is -2.44. The molecule has 0 bridgehead atoms. The van der Waals surface area contributed by atoms with E-state index in [1.807, 2.05) is 30.3 Å². The van der Waals surface area contributed by atoms with Gasteiger partial charge in [-0.3, -0.25) is 4.79 Å². The summed E-state index contributed by atoms with van der Waals surface area (Å²) in [5, 5.41) is 0. The lowest BCUT2D eigenvalue weighted by Gasteiger charge is -2.27. The predicted octanol–water partition coefficient (Wildman–Crippen LogP) is 3.05. The Hall–Kier alpha value is -2.71. The second-order valence-corrected chi connectivity index (χ2v) is 9.00. The average molecular weight is 432 g/mol. The molecule has 160 valence electrons. The zero-order chi connectivity index (χ0) is 21.6. The maximum absolute atomic E-state index is 12.8. The van der Waals surface area contributed by atoms with Gasteiger partial charge < -0.3 is 9.47 Å². The molecule has 7 nitrogen and oxygen atoms in total. The molecule has 0 aliphatic heterocycles. The fourth-order valence-electron chi connectivity index (χ4n) is 3.50. The Morgan fingerprint density at radius 1 is 1.00 bits per heavy atom. The summed E-state index contributed by atoms with van der Waals surface area (Å²) in [5.74, 6) is -1.02. The Morgan fingerprint density at radius 2 is 1.70 bits per heavy atom. The molecular weight excluding hydrogens is 406 g/mol. The van der Waals surface area contributed by atoms with Crippen LogP contribution in [-0.4, -0.2) is 33.5 Å². The fourth-order valence-corrected chi connectivity index (χ4v) is 4.85. The van der Waals surface area contributed by atoms with Crippen LogP contribution in [0.1, 0.15) is 41.6 Å². The zero-order valence-electron chi connectivity index (χ0n) is 16.7. The lowest BCUT2D eigenvalue weighted by molar-refractivity contribution is -0.146. The summed E-state index contributed by atoms with van der Waals surface area (Å²) in [6, 6.07) is 14.8. The van der Waals surface area contributed by atoms with Gasteiger partial charge in [0.05, 0.1) is 23.5 Å². The second kappa shape index (κ2) is 9.86. The van der Waals surface area contributed by atoms with E-state index in [4.69, 9.17) is 9.47 Å². The van der Waals surface area contributed by atoms with Crippen LogP contribution in [-0.2, 0) is 30.9 Å². The van der Waals surface area contributed by atoms with Crippen molar-refractivity contribution in [3.05, 3.63) is 65.7 Å². The number of nitrogens with one attached hydrogen (secondary N) is 1. The SMILES string of the molecule is COC(=O)[C@H]1CC[C@H](NS(=O)(=O)c2cccc(C(=O)OCc3ccccc3)c2)CC1. The molecular formula is C22H25NO6S. The highest BCUT2D eigenvalue weighted by molar-refractivity contribution is 7.89. The minimum Gasteiger partial charge on any atom is -0.469 e. The molecule has 1 aliphatic carbocycles. The number of methoxy groups -OCH3 is 1. The van der Waals surface area contributed by atoms with Crippen molar-refractivity contribution in [3.63, 3.8) is 0 Å². The number of rotatable bonds is 7. The lowest BCUT2D eigenvalue weighted by atomic mass is 9.86. The van der Waals surface area contributed by atoms with Gasteiger partial charge in [-0.25, -0.2) is 17.9 Å². The first-order valence-electron chi connectivity index (χ1n) is 9.80. The number of sulfonamides is 1. The number of hydrogen-bond donors (Lipinski definition) is 1. The van der Waals surface area contributed by atoms with Crippen LogP contribution in [0.4, 0.5) is 0 Å². The van der Waals surface area contributed by atoms with Gasteiger partial charge in [-0.15, -0.1) is 0 Å². The van der Waals surface area contributed by atoms with Gasteiger partial charge in [-0.2, -0.15) is 0 Å². The summed E-state index contributed by atoms with van der Waals surface area (Å²) >= 11 is 0. The molecule has 0 amide bonds. The highest BCUT2D eigenvalue weighted by Crippen LogP contribution is 2.26. The Bertz CT molecular complexity index is 982. The highest BCUT2D eigenvalue weighted by Gasteiger charge is 2.29. The monoisotopic (exact) mass is 431 g/mol. The number of carbonyl (C=O) groups is 2. The molecule has 0 heterocycles. The maximum atomic E-state index is 12.8. The smallest absolute Gasteiger partial charge is 0.338 e. The quantitative estimate of drug-likeness (QED) is 0.677. The number of esters is 2. The van der Waals surface area contributed by atoms with E-state index in [1.54, 1.807) is 0 Å². The van der Waals surface area contributed by atoms with Crippen LogP contribution in [0.5, 0.6) is 0 Å². The third-order valence-electron chi connectivity index (χ3n) is 5.18. The van der Waals surface area contributed by atoms with Crippen LogP contribution in [0.2, 0.25) is 0 Å². The minimum absolute atomic E-state index is 0.00625. The summed E-state index contributed by atoms with van der Waals surface area (Å²) in [6.45, 7) is 0.109. The molecule has 30 heavy (non-hydrogen) atoms. The van der Waals surface area contributed by atoms with Gasteiger partial charge in [0.15, 0.2) is 0 Å². The number of carbonyl (C=O) groups excluding carboxylic acids is 2. The van der Waals surface area contributed by atoms with Crippen molar-refractivity contribution in [1.29, 1.82) is 0 Å². The third-order valence-corrected chi connectivity index (χ3v) is 6.69. The van der Waals surface area contributed by atoms with Gasteiger partial charge in [0.25, 0.3) is 0 Å². The minimum atomic E-state index is -3.80. The van der Waals surface area contributed by atoms with Gasteiger partial charge >= 0.3 is 11.9 Å². The average Bonchev–Trinajstić information content (AvgIpc) is 2.78. The van der Waals surface area contributed by atoms with Crippen LogP contribution in [0, 0.1) is 5.92 Å². The zero-order valence-corrected chi connectivity index (χ0v) is 17.6. The van der Waals surface area contributed by atoms with Crippen LogP contribution >= 0.6 is 0 Å². The van der Waals surface area contributed by atoms with Gasteiger partial charge in [0.1, 0.15) is 6.61 Å². The van der Waals surface area contributed by atoms with E-state index in [0.29, 0.717) is 25.7 Å². The predicted molar refractivity (Wildman–Crippen MR) is 110 cm³/mol.